The lowest BCUT2D eigenvalue weighted by molar-refractivity contribution is -0.996. The van der Waals surface area contributed by atoms with Crippen molar-refractivity contribution in [1.29, 1.82) is 0 Å². The monoisotopic (exact) mass is 286 g/mol. The number of nitrogens with one attached hydrogen (secondary N) is 3. The van der Waals surface area contributed by atoms with E-state index < -0.39 is 16.5 Å². The van der Waals surface area contributed by atoms with E-state index in [4.69, 9.17) is 10.4 Å². The van der Waals surface area contributed by atoms with Crippen LogP contribution in [0.2, 0.25) is 0 Å². The van der Waals surface area contributed by atoms with Gasteiger partial charge in [0.2, 0.25) is 0 Å². The van der Waals surface area contributed by atoms with Crippen LogP contribution in [-0.2, 0) is 0 Å². The molecule has 0 bridgehead atoms. The van der Waals surface area contributed by atoms with Crippen LogP contribution in [0.4, 0.5) is 21.9 Å². The van der Waals surface area contributed by atoms with Crippen molar-refractivity contribution >= 4 is 23.1 Å². The highest BCUT2D eigenvalue weighted by molar-refractivity contribution is 5.90. The molecule has 0 aliphatic carbocycles. The summed E-state index contributed by atoms with van der Waals surface area (Å²) >= 11 is 0. The average Bonchev–Trinajstić information content (AvgIpc) is 2.39. The molecule has 1 aromatic carbocycles. The summed E-state index contributed by atoms with van der Waals surface area (Å²) < 4.78 is 0. The van der Waals surface area contributed by atoms with Gasteiger partial charge >= 0.3 is 6.03 Å². The van der Waals surface area contributed by atoms with Crippen LogP contribution in [0, 0.1) is 10.4 Å². The molecule has 2 atom stereocenters. The maximum atomic E-state index is 11.9. The minimum Gasteiger partial charge on any atom is -0.595 e. The fourth-order valence-electron chi connectivity index (χ4n) is 1.66. The van der Waals surface area contributed by atoms with E-state index in [2.05, 4.69) is 5.32 Å². The van der Waals surface area contributed by atoms with Crippen LogP contribution in [0.15, 0.2) is 18.2 Å². The predicted molar refractivity (Wildman–Crippen MR) is 69.9 cm³/mol. The van der Waals surface area contributed by atoms with Gasteiger partial charge in [0.25, 0.3) is 0 Å². The van der Waals surface area contributed by atoms with Crippen molar-refractivity contribution in [3.05, 3.63) is 28.6 Å². The standard InChI is InChI=1S/C11H18N4O5/c1-3-13(4-2)11(16)12-8-5-9(14(17)18)7-10(6-8)15(19)20/h5-7,14-15,17,19H,3-4H2,1-2H3,(H,12,16). The Labute approximate surface area is 115 Å². The van der Waals surface area contributed by atoms with Crippen molar-refractivity contribution in [3.63, 3.8) is 0 Å². The fourth-order valence-corrected chi connectivity index (χ4v) is 1.66. The van der Waals surface area contributed by atoms with Crippen LogP contribution in [-0.4, -0.2) is 34.4 Å². The quantitative estimate of drug-likeness (QED) is 0.460. The SMILES string of the molecule is CCN(CC)C(=O)Nc1cc([NH+]([O-])O)cc([NH+]([O-])O)c1. The van der Waals surface area contributed by atoms with E-state index in [-0.39, 0.29) is 17.1 Å². The van der Waals surface area contributed by atoms with Gasteiger partial charge in [-0.1, -0.05) is 0 Å². The summed E-state index contributed by atoms with van der Waals surface area (Å²) in [6.07, 6.45) is 0. The first-order chi connectivity index (χ1) is 9.38. The van der Waals surface area contributed by atoms with Crippen LogP contribution in [0.5, 0.6) is 0 Å². The maximum Gasteiger partial charge on any atom is 0.321 e. The minimum atomic E-state index is -1.26. The Morgan fingerprint density at radius 1 is 1.15 bits per heavy atom. The van der Waals surface area contributed by atoms with Gasteiger partial charge in [-0.3, -0.25) is 0 Å². The van der Waals surface area contributed by atoms with E-state index in [1.165, 1.54) is 17.0 Å². The first-order valence-corrected chi connectivity index (χ1v) is 6.06. The van der Waals surface area contributed by atoms with Crippen molar-refractivity contribution in [2.75, 3.05) is 18.4 Å². The topological polar surface area (TPSA) is 128 Å². The van der Waals surface area contributed by atoms with Crippen LogP contribution in [0.3, 0.4) is 0 Å². The van der Waals surface area contributed by atoms with Crippen molar-refractivity contribution in [2.24, 2.45) is 0 Å². The molecule has 112 valence electrons. The molecule has 0 fully saturated rings. The Morgan fingerprint density at radius 3 is 1.95 bits per heavy atom. The third-order valence-electron chi connectivity index (χ3n) is 2.73. The zero-order chi connectivity index (χ0) is 15.3. The molecule has 0 radical (unpaired) electrons. The second kappa shape index (κ2) is 7.14. The molecule has 0 aliphatic heterocycles. The lowest BCUT2D eigenvalue weighted by Crippen LogP contribution is -3.00. The number of anilines is 1. The van der Waals surface area contributed by atoms with Crippen molar-refractivity contribution in [3.8, 4) is 0 Å². The maximum absolute atomic E-state index is 11.9. The molecule has 5 N–H and O–H groups in total. The van der Waals surface area contributed by atoms with Crippen molar-refractivity contribution < 1.29 is 25.7 Å². The predicted octanol–water partition coefficient (Wildman–Crippen LogP) is -0.633. The van der Waals surface area contributed by atoms with Gasteiger partial charge < -0.3 is 20.6 Å². The number of carbonyl (C=O) groups excluding carboxylic acids is 1. The third-order valence-corrected chi connectivity index (χ3v) is 2.73. The number of carbonyl (C=O) groups is 1. The number of quaternary nitrogens is 2. The van der Waals surface area contributed by atoms with Gasteiger partial charge in [0.05, 0.1) is 11.8 Å². The van der Waals surface area contributed by atoms with Crippen LogP contribution in [0.25, 0.3) is 0 Å². The molecule has 2 unspecified atom stereocenters. The van der Waals surface area contributed by atoms with Crippen molar-refractivity contribution in [2.45, 2.75) is 13.8 Å². The molecule has 0 spiro atoms. The first-order valence-electron chi connectivity index (χ1n) is 6.06. The molecule has 1 rings (SSSR count). The summed E-state index contributed by atoms with van der Waals surface area (Å²) in [5.41, 5.74) is -0.251. The molecule has 2 amide bonds. The second-order valence-corrected chi connectivity index (χ2v) is 4.01. The van der Waals surface area contributed by atoms with Crippen molar-refractivity contribution in [1.82, 2.24) is 4.90 Å². The normalized spacial score (nSPS) is 13.7. The molecular formula is C11H18N4O5. The van der Waals surface area contributed by atoms with Crippen LogP contribution in [0.1, 0.15) is 13.8 Å². The van der Waals surface area contributed by atoms with E-state index in [9.17, 15) is 15.2 Å². The molecule has 0 aliphatic rings. The summed E-state index contributed by atoms with van der Waals surface area (Å²) in [6, 6.07) is 3.07. The zero-order valence-corrected chi connectivity index (χ0v) is 11.2. The minimum absolute atomic E-state index is 0.138. The number of benzene rings is 1. The smallest absolute Gasteiger partial charge is 0.321 e. The number of nitrogens with zero attached hydrogens (tertiary/aromatic N) is 1. The molecule has 20 heavy (non-hydrogen) atoms. The molecule has 9 heteroatoms. The lowest BCUT2D eigenvalue weighted by Gasteiger charge is -2.21. The van der Waals surface area contributed by atoms with Gasteiger partial charge in [0, 0.05) is 25.2 Å². The molecule has 9 nitrogen and oxygen atoms in total. The number of urea groups is 1. The van der Waals surface area contributed by atoms with E-state index in [0.29, 0.717) is 13.1 Å². The number of amides is 2. The van der Waals surface area contributed by atoms with E-state index in [1.54, 1.807) is 13.8 Å². The average molecular weight is 286 g/mol. The Balaban J connectivity index is 3.02. The molecule has 0 saturated heterocycles. The largest absolute Gasteiger partial charge is 0.595 e. The highest BCUT2D eigenvalue weighted by Gasteiger charge is 2.14. The van der Waals surface area contributed by atoms with Gasteiger partial charge in [-0.2, -0.15) is 10.5 Å². The fraction of sp³-hybridized carbons (Fsp3) is 0.364. The summed E-state index contributed by atoms with van der Waals surface area (Å²) in [4.78, 5) is 13.4. The van der Waals surface area contributed by atoms with Gasteiger partial charge in [-0.15, -0.1) is 0 Å². The van der Waals surface area contributed by atoms with Gasteiger partial charge in [-0.05, 0) is 13.8 Å². The van der Waals surface area contributed by atoms with E-state index >= 15 is 0 Å². The number of rotatable bonds is 5. The first kappa shape index (κ1) is 16.3. The van der Waals surface area contributed by atoms with E-state index in [0.717, 1.165) is 6.07 Å². The summed E-state index contributed by atoms with van der Waals surface area (Å²) in [5, 5.41) is 39.7. The van der Waals surface area contributed by atoms with Gasteiger partial charge in [0.15, 0.2) is 11.4 Å². The van der Waals surface area contributed by atoms with E-state index in [1.807, 2.05) is 0 Å². The Kier molecular flexibility index (Phi) is 5.82. The lowest BCUT2D eigenvalue weighted by atomic mass is 10.2. The Hall–Kier alpha value is -1.75. The van der Waals surface area contributed by atoms with Gasteiger partial charge in [0.1, 0.15) is 0 Å². The van der Waals surface area contributed by atoms with Crippen LogP contribution >= 0.6 is 0 Å². The summed E-state index contributed by atoms with van der Waals surface area (Å²) in [7, 11) is 0. The second-order valence-electron chi connectivity index (χ2n) is 4.01. The molecular weight excluding hydrogens is 268 g/mol. The summed E-state index contributed by atoms with van der Waals surface area (Å²) in [5.74, 6) is 0. The number of hydrogen-bond acceptors (Lipinski definition) is 5. The van der Waals surface area contributed by atoms with Gasteiger partial charge in [-0.25, -0.2) is 15.2 Å². The number of hydrogen-bond donors (Lipinski definition) is 5. The molecule has 0 heterocycles. The Morgan fingerprint density at radius 2 is 1.60 bits per heavy atom. The zero-order valence-electron chi connectivity index (χ0n) is 11.2. The highest BCUT2D eigenvalue weighted by Crippen LogP contribution is 2.18. The highest BCUT2D eigenvalue weighted by atomic mass is 16.8. The molecule has 0 aromatic heterocycles. The van der Waals surface area contributed by atoms with Crippen LogP contribution < -0.4 is 15.8 Å². The third kappa shape index (κ3) is 4.13. The molecule has 1 aromatic rings. The summed E-state index contributed by atoms with van der Waals surface area (Å²) in [6.45, 7) is 4.60. The molecule has 0 saturated carbocycles. The Bertz CT molecular complexity index is 436.